The van der Waals surface area contributed by atoms with E-state index in [0.29, 0.717) is 23.4 Å². The molecule has 1 aliphatic rings. The van der Waals surface area contributed by atoms with E-state index < -0.39 is 0 Å². The molecule has 1 rings (SSSR count). The number of hydrogen-bond donors (Lipinski definition) is 1. The van der Waals surface area contributed by atoms with Crippen molar-refractivity contribution in [1.29, 1.82) is 0 Å². The topological polar surface area (TPSA) is 15.3 Å². The van der Waals surface area contributed by atoms with Crippen molar-refractivity contribution in [2.45, 2.75) is 85.9 Å². The van der Waals surface area contributed by atoms with E-state index in [1.165, 1.54) is 19.4 Å². The normalized spacial score (nSPS) is 27.0. The molecular weight excluding hydrogens is 232 g/mol. The van der Waals surface area contributed by atoms with Crippen LogP contribution in [-0.2, 0) is 0 Å². The summed E-state index contributed by atoms with van der Waals surface area (Å²) in [4.78, 5) is 2.78. The molecule has 114 valence electrons. The molecule has 0 aromatic heterocycles. The van der Waals surface area contributed by atoms with Gasteiger partial charge in [0.05, 0.1) is 0 Å². The van der Waals surface area contributed by atoms with Crippen LogP contribution in [0, 0.1) is 11.3 Å². The summed E-state index contributed by atoms with van der Waals surface area (Å²) in [5, 5.41) is 3.74. The molecule has 0 saturated carbocycles. The van der Waals surface area contributed by atoms with Gasteiger partial charge in [0.25, 0.3) is 0 Å². The van der Waals surface area contributed by atoms with Crippen molar-refractivity contribution in [1.82, 2.24) is 10.2 Å². The van der Waals surface area contributed by atoms with Gasteiger partial charge in [-0.15, -0.1) is 0 Å². The van der Waals surface area contributed by atoms with Crippen molar-refractivity contribution >= 4 is 0 Å². The maximum absolute atomic E-state index is 3.74. The molecule has 1 fully saturated rings. The fourth-order valence-corrected chi connectivity index (χ4v) is 3.78. The van der Waals surface area contributed by atoms with Crippen LogP contribution in [0.2, 0.25) is 0 Å². The van der Waals surface area contributed by atoms with Gasteiger partial charge in [-0.1, -0.05) is 41.5 Å². The molecular formula is C17H36N2. The number of nitrogens with zero attached hydrogens (tertiary/aromatic N) is 1. The molecule has 2 heteroatoms. The summed E-state index contributed by atoms with van der Waals surface area (Å²) >= 11 is 0. The lowest BCUT2D eigenvalue weighted by atomic mass is 9.79. The molecule has 0 spiro atoms. The zero-order valence-electron chi connectivity index (χ0n) is 14.5. The molecule has 19 heavy (non-hydrogen) atoms. The van der Waals surface area contributed by atoms with Crippen LogP contribution in [-0.4, -0.2) is 35.6 Å². The molecule has 0 bridgehead atoms. The second-order valence-electron chi connectivity index (χ2n) is 8.52. The monoisotopic (exact) mass is 268 g/mol. The first kappa shape index (κ1) is 17.0. The van der Waals surface area contributed by atoms with Crippen molar-refractivity contribution in [3.05, 3.63) is 0 Å². The third kappa shape index (κ3) is 4.75. The SMILES string of the molecule is CCC1CNC(C(C)C)CN1C(C)(C)CC(C)(C)C. The van der Waals surface area contributed by atoms with Crippen molar-refractivity contribution in [2.75, 3.05) is 13.1 Å². The number of nitrogens with one attached hydrogen (secondary N) is 1. The van der Waals surface area contributed by atoms with E-state index in [4.69, 9.17) is 0 Å². The average molecular weight is 268 g/mol. The van der Waals surface area contributed by atoms with Crippen LogP contribution in [0.25, 0.3) is 0 Å². The van der Waals surface area contributed by atoms with Crippen molar-refractivity contribution in [2.24, 2.45) is 11.3 Å². The van der Waals surface area contributed by atoms with Gasteiger partial charge < -0.3 is 5.32 Å². The Hall–Kier alpha value is -0.0800. The summed E-state index contributed by atoms with van der Waals surface area (Å²) in [6.45, 7) is 21.3. The Morgan fingerprint density at radius 3 is 2.16 bits per heavy atom. The van der Waals surface area contributed by atoms with Gasteiger partial charge in [-0.05, 0) is 38.0 Å². The van der Waals surface area contributed by atoms with Gasteiger partial charge in [-0.3, -0.25) is 4.90 Å². The van der Waals surface area contributed by atoms with Crippen LogP contribution in [0.15, 0.2) is 0 Å². The van der Waals surface area contributed by atoms with Gasteiger partial charge in [0, 0.05) is 30.7 Å². The Kier molecular flexibility index (Phi) is 5.48. The predicted octanol–water partition coefficient (Wildman–Crippen LogP) is 3.91. The van der Waals surface area contributed by atoms with E-state index in [1.54, 1.807) is 0 Å². The van der Waals surface area contributed by atoms with E-state index >= 15 is 0 Å². The minimum Gasteiger partial charge on any atom is -0.311 e. The molecule has 2 unspecified atom stereocenters. The quantitative estimate of drug-likeness (QED) is 0.831. The van der Waals surface area contributed by atoms with E-state index in [0.717, 1.165) is 6.54 Å². The molecule has 1 heterocycles. The van der Waals surface area contributed by atoms with Crippen LogP contribution in [0.4, 0.5) is 0 Å². The zero-order valence-corrected chi connectivity index (χ0v) is 14.5. The maximum atomic E-state index is 3.74. The van der Waals surface area contributed by atoms with E-state index in [9.17, 15) is 0 Å². The highest BCUT2D eigenvalue weighted by molar-refractivity contribution is 4.96. The average Bonchev–Trinajstić information content (AvgIpc) is 2.24. The third-order valence-corrected chi connectivity index (χ3v) is 4.47. The Morgan fingerprint density at radius 1 is 1.16 bits per heavy atom. The van der Waals surface area contributed by atoms with Gasteiger partial charge in [-0.2, -0.15) is 0 Å². The summed E-state index contributed by atoms with van der Waals surface area (Å²) < 4.78 is 0. The fraction of sp³-hybridized carbons (Fsp3) is 1.00. The summed E-state index contributed by atoms with van der Waals surface area (Å²) in [6, 6.07) is 1.33. The highest BCUT2D eigenvalue weighted by Gasteiger charge is 2.39. The second kappa shape index (κ2) is 6.13. The second-order valence-corrected chi connectivity index (χ2v) is 8.52. The fourth-order valence-electron chi connectivity index (χ4n) is 3.78. The largest absolute Gasteiger partial charge is 0.311 e. The summed E-state index contributed by atoms with van der Waals surface area (Å²) in [5.41, 5.74) is 0.675. The highest BCUT2D eigenvalue weighted by atomic mass is 15.3. The number of hydrogen-bond acceptors (Lipinski definition) is 2. The third-order valence-electron chi connectivity index (χ3n) is 4.47. The van der Waals surface area contributed by atoms with Crippen LogP contribution in [0.5, 0.6) is 0 Å². The van der Waals surface area contributed by atoms with Gasteiger partial charge in [0.1, 0.15) is 0 Å². The van der Waals surface area contributed by atoms with Crippen LogP contribution >= 0.6 is 0 Å². The molecule has 0 aromatic carbocycles. The standard InChI is InChI=1S/C17H36N2/c1-9-14-10-18-15(13(2)3)11-19(14)17(7,8)12-16(4,5)6/h13-15,18H,9-12H2,1-8H3. The lowest BCUT2D eigenvalue weighted by Gasteiger charge is -2.51. The summed E-state index contributed by atoms with van der Waals surface area (Å²) in [5.74, 6) is 0.714. The number of piperazine rings is 1. The molecule has 2 atom stereocenters. The smallest absolute Gasteiger partial charge is 0.0224 e. The first-order valence-electron chi connectivity index (χ1n) is 8.07. The lowest BCUT2D eigenvalue weighted by Crippen LogP contribution is -2.64. The molecule has 0 amide bonds. The van der Waals surface area contributed by atoms with Crippen molar-refractivity contribution in [3.8, 4) is 0 Å². The van der Waals surface area contributed by atoms with Crippen molar-refractivity contribution < 1.29 is 0 Å². The summed E-state index contributed by atoms with van der Waals surface area (Å²) in [7, 11) is 0. The molecule has 1 saturated heterocycles. The predicted molar refractivity (Wildman–Crippen MR) is 85.6 cm³/mol. The number of rotatable bonds is 4. The Labute approximate surface area is 121 Å². The lowest BCUT2D eigenvalue weighted by molar-refractivity contribution is -0.00126. The minimum atomic E-state index is 0.286. The Bertz CT molecular complexity index is 275. The minimum absolute atomic E-state index is 0.286. The Morgan fingerprint density at radius 2 is 1.74 bits per heavy atom. The van der Waals surface area contributed by atoms with Gasteiger partial charge in [-0.25, -0.2) is 0 Å². The molecule has 2 nitrogen and oxygen atoms in total. The van der Waals surface area contributed by atoms with Crippen LogP contribution in [0.1, 0.15) is 68.2 Å². The van der Waals surface area contributed by atoms with Gasteiger partial charge in [0.2, 0.25) is 0 Å². The van der Waals surface area contributed by atoms with Gasteiger partial charge >= 0.3 is 0 Å². The molecule has 1 aliphatic heterocycles. The van der Waals surface area contributed by atoms with Crippen molar-refractivity contribution in [3.63, 3.8) is 0 Å². The van der Waals surface area contributed by atoms with Gasteiger partial charge in [0.15, 0.2) is 0 Å². The zero-order chi connectivity index (χ0) is 14.8. The summed E-state index contributed by atoms with van der Waals surface area (Å²) in [6.07, 6.45) is 2.49. The molecule has 0 aliphatic carbocycles. The molecule has 0 radical (unpaired) electrons. The first-order valence-corrected chi connectivity index (χ1v) is 8.07. The van der Waals surface area contributed by atoms with E-state index in [-0.39, 0.29) is 5.54 Å². The van der Waals surface area contributed by atoms with Crippen LogP contribution < -0.4 is 5.32 Å². The molecule has 0 aromatic rings. The van der Waals surface area contributed by atoms with E-state index in [1.807, 2.05) is 0 Å². The molecule has 1 N–H and O–H groups in total. The Balaban J connectivity index is 2.84. The highest BCUT2D eigenvalue weighted by Crippen LogP contribution is 2.34. The van der Waals surface area contributed by atoms with Crippen LogP contribution in [0.3, 0.4) is 0 Å². The van der Waals surface area contributed by atoms with E-state index in [2.05, 4.69) is 65.6 Å². The first-order chi connectivity index (χ1) is 8.57. The maximum Gasteiger partial charge on any atom is 0.0224 e.